The van der Waals surface area contributed by atoms with Crippen molar-refractivity contribution in [1.29, 1.82) is 0 Å². The van der Waals surface area contributed by atoms with E-state index in [-0.39, 0.29) is 43.5 Å². The van der Waals surface area contributed by atoms with Gasteiger partial charge in [0.25, 0.3) is 11.8 Å². The zero-order chi connectivity index (χ0) is 37.6. The standard InChI is InChI=1S/C43H41FN4O7.ClH/c1-27-6-7-31(19-37(27)44)48(30-8-10-33(49)11-9-30)43(51)36-20-38(46-14-17-53-25-39(36)46)34-21-40-41(55-26-54-40)22-35(34)42(50)47-23-29-5-3-2-4-28(29)18-32(47)24-45-12-15-52-16-13-45;/h2-11,19-22,32,49H,12-18,23-26H2,1H3;1H/t32-;/m0./s1. The number of rotatable bonds is 7. The second-order valence-electron chi connectivity index (χ2n) is 14.4. The zero-order valence-electron chi connectivity index (χ0n) is 30.9. The number of carbonyl (C=O) groups excluding carboxylic acids is 2. The zero-order valence-corrected chi connectivity index (χ0v) is 31.7. The van der Waals surface area contributed by atoms with Crippen LogP contribution in [0.1, 0.15) is 43.1 Å². The van der Waals surface area contributed by atoms with E-state index in [1.807, 2.05) is 21.6 Å². The Morgan fingerprint density at radius 2 is 1.55 bits per heavy atom. The molecule has 2 amide bonds. The molecule has 0 aliphatic carbocycles. The summed E-state index contributed by atoms with van der Waals surface area (Å²) in [6.45, 7) is 6.81. The molecule has 4 aliphatic heterocycles. The number of hydrogen-bond donors (Lipinski definition) is 1. The predicted molar refractivity (Wildman–Crippen MR) is 210 cm³/mol. The summed E-state index contributed by atoms with van der Waals surface area (Å²) in [5.41, 5.74) is 6.26. The number of halogens is 2. The molecule has 1 atom stereocenters. The van der Waals surface area contributed by atoms with E-state index in [1.54, 1.807) is 43.3 Å². The molecule has 0 unspecified atom stereocenters. The molecule has 1 N–H and O–H groups in total. The number of fused-ring (bicyclic) bond motifs is 3. The molecule has 0 radical (unpaired) electrons. The highest BCUT2D eigenvalue weighted by Gasteiger charge is 2.36. The van der Waals surface area contributed by atoms with Crippen molar-refractivity contribution in [2.24, 2.45) is 0 Å². The van der Waals surface area contributed by atoms with Crippen LogP contribution in [0.2, 0.25) is 0 Å². The third kappa shape index (κ3) is 6.98. The van der Waals surface area contributed by atoms with Crippen LogP contribution >= 0.6 is 12.4 Å². The second kappa shape index (κ2) is 15.6. The quantitative estimate of drug-likeness (QED) is 0.191. The van der Waals surface area contributed by atoms with E-state index in [9.17, 15) is 9.90 Å². The maximum Gasteiger partial charge on any atom is 0.264 e. The Kier molecular flexibility index (Phi) is 10.5. The number of benzene rings is 4. The summed E-state index contributed by atoms with van der Waals surface area (Å²) in [6.07, 6.45) is 0.725. The van der Waals surface area contributed by atoms with Gasteiger partial charge in [0.2, 0.25) is 6.79 Å². The van der Waals surface area contributed by atoms with E-state index in [4.69, 9.17) is 18.9 Å². The number of anilines is 2. The summed E-state index contributed by atoms with van der Waals surface area (Å²) < 4.78 is 40.3. The number of aromatic hydroxyl groups is 1. The number of phenolic OH excluding ortho intramolecular Hbond substituents is 1. The predicted octanol–water partition coefficient (Wildman–Crippen LogP) is 6.87. The highest BCUT2D eigenvalue weighted by atomic mass is 35.5. The Labute approximate surface area is 330 Å². The summed E-state index contributed by atoms with van der Waals surface area (Å²) >= 11 is 0. The van der Waals surface area contributed by atoms with E-state index in [1.165, 1.54) is 28.7 Å². The summed E-state index contributed by atoms with van der Waals surface area (Å²) in [5.74, 6) is 0.0231. The molecule has 0 spiro atoms. The first-order valence-electron chi connectivity index (χ1n) is 18.6. The van der Waals surface area contributed by atoms with Crippen LogP contribution in [0.25, 0.3) is 11.3 Å². The normalized spacial score (nSPS) is 17.5. The Hall–Kier alpha value is -5.40. The molecule has 1 saturated heterocycles. The molecular formula is C43H42ClFN4O7. The number of aromatic nitrogens is 1. The highest BCUT2D eigenvalue weighted by molar-refractivity contribution is 6.12. The maximum atomic E-state index is 15.2. The van der Waals surface area contributed by atoms with Crippen LogP contribution in [0.15, 0.2) is 84.9 Å². The minimum atomic E-state index is -0.451. The molecule has 9 rings (SSSR count). The van der Waals surface area contributed by atoms with Gasteiger partial charge in [0.15, 0.2) is 11.5 Å². The highest BCUT2D eigenvalue weighted by Crippen LogP contribution is 2.42. The fraction of sp³-hybridized carbons (Fsp3) is 0.302. The summed E-state index contributed by atoms with van der Waals surface area (Å²) in [7, 11) is 0. The van der Waals surface area contributed by atoms with Gasteiger partial charge >= 0.3 is 0 Å². The lowest BCUT2D eigenvalue weighted by molar-refractivity contribution is 0.0193. The molecule has 5 heterocycles. The minimum absolute atomic E-state index is 0. The molecule has 0 saturated carbocycles. The second-order valence-corrected chi connectivity index (χ2v) is 14.4. The Bertz CT molecular complexity index is 2290. The van der Waals surface area contributed by atoms with Crippen LogP contribution < -0.4 is 14.4 Å². The lowest BCUT2D eigenvalue weighted by Crippen LogP contribution is -2.52. The monoisotopic (exact) mass is 780 g/mol. The van der Waals surface area contributed by atoms with Crippen molar-refractivity contribution in [3.05, 3.63) is 124 Å². The third-order valence-electron chi connectivity index (χ3n) is 11.1. The van der Waals surface area contributed by atoms with Crippen LogP contribution in [0.5, 0.6) is 17.2 Å². The summed E-state index contributed by atoms with van der Waals surface area (Å²) in [6, 6.07) is 24.5. The van der Waals surface area contributed by atoms with Gasteiger partial charge in [-0.25, -0.2) is 4.39 Å². The Morgan fingerprint density at radius 1 is 0.839 bits per heavy atom. The van der Waals surface area contributed by atoms with Crippen LogP contribution in [-0.2, 0) is 35.6 Å². The van der Waals surface area contributed by atoms with Gasteiger partial charge in [-0.1, -0.05) is 30.3 Å². The van der Waals surface area contributed by atoms with Gasteiger partial charge in [0, 0.05) is 50.0 Å². The molecule has 1 fully saturated rings. The van der Waals surface area contributed by atoms with E-state index < -0.39 is 11.7 Å². The van der Waals surface area contributed by atoms with E-state index in [0.29, 0.717) is 96.0 Å². The number of carbonyl (C=O) groups is 2. The molecule has 4 aliphatic rings. The number of nitrogens with zero attached hydrogens (tertiary/aromatic N) is 4. The first-order valence-corrected chi connectivity index (χ1v) is 18.6. The first-order chi connectivity index (χ1) is 26.8. The first kappa shape index (κ1) is 37.5. The van der Waals surface area contributed by atoms with Crippen LogP contribution in [-0.4, -0.2) is 83.6 Å². The molecule has 56 heavy (non-hydrogen) atoms. The number of phenols is 1. The average Bonchev–Trinajstić information content (AvgIpc) is 3.84. The lowest BCUT2D eigenvalue weighted by Gasteiger charge is -2.40. The smallest absolute Gasteiger partial charge is 0.264 e. The molecule has 290 valence electrons. The fourth-order valence-electron chi connectivity index (χ4n) is 8.12. The molecule has 13 heteroatoms. The lowest BCUT2D eigenvalue weighted by atomic mass is 9.92. The summed E-state index contributed by atoms with van der Waals surface area (Å²) in [4.78, 5) is 35.8. The van der Waals surface area contributed by atoms with Crippen molar-refractivity contribution < 1.29 is 38.0 Å². The third-order valence-corrected chi connectivity index (χ3v) is 11.1. The fourth-order valence-corrected chi connectivity index (χ4v) is 8.12. The molecule has 1 aromatic heterocycles. The Balaban J connectivity index is 0.00000441. The molecule has 5 aromatic rings. The van der Waals surface area contributed by atoms with Crippen LogP contribution in [0.3, 0.4) is 0 Å². The van der Waals surface area contributed by atoms with Crippen molar-refractivity contribution in [3.63, 3.8) is 0 Å². The minimum Gasteiger partial charge on any atom is -0.508 e. The van der Waals surface area contributed by atoms with E-state index >= 15 is 9.18 Å². The van der Waals surface area contributed by atoms with Crippen LogP contribution in [0.4, 0.5) is 15.8 Å². The van der Waals surface area contributed by atoms with E-state index in [2.05, 4.69) is 23.1 Å². The van der Waals surface area contributed by atoms with Gasteiger partial charge in [-0.05, 0) is 84.6 Å². The summed E-state index contributed by atoms with van der Waals surface area (Å²) in [5, 5.41) is 10.1. The topological polar surface area (TPSA) is 106 Å². The van der Waals surface area contributed by atoms with Gasteiger partial charge < -0.3 is 33.5 Å². The average molecular weight is 781 g/mol. The molecule has 0 bridgehead atoms. The van der Waals surface area contributed by atoms with Gasteiger partial charge in [-0.2, -0.15) is 0 Å². The van der Waals surface area contributed by atoms with Gasteiger partial charge in [0.1, 0.15) is 11.6 Å². The van der Waals surface area contributed by atoms with Gasteiger partial charge in [-0.15, -0.1) is 12.4 Å². The largest absolute Gasteiger partial charge is 0.508 e. The van der Waals surface area contributed by atoms with Crippen molar-refractivity contribution in [2.75, 3.05) is 51.1 Å². The number of ether oxygens (including phenoxy) is 4. The number of amides is 2. The number of hydrogen-bond acceptors (Lipinski definition) is 8. The van der Waals surface area contributed by atoms with Crippen molar-refractivity contribution in [1.82, 2.24) is 14.4 Å². The molecule has 11 nitrogen and oxygen atoms in total. The maximum absolute atomic E-state index is 15.2. The van der Waals surface area contributed by atoms with Crippen molar-refractivity contribution in [2.45, 2.75) is 39.1 Å². The number of morpholine rings is 1. The Morgan fingerprint density at radius 3 is 2.32 bits per heavy atom. The van der Waals surface area contributed by atoms with Crippen LogP contribution in [0, 0.1) is 12.7 Å². The SMILES string of the molecule is Cc1ccc(N(C(=O)c2cc(-c3cc4c(cc3C(=O)N3Cc5ccccc5C[C@H]3CN3CCOCC3)OCO4)n3c2COCC3)c2ccc(O)cc2)cc1F.Cl. The van der Waals surface area contributed by atoms with Crippen molar-refractivity contribution in [3.8, 4) is 28.5 Å². The number of aryl methyl sites for hydroxylation is 1. The van der Waals surface area contributed by atoms with Gasteiger partial charge in [0.05, 0.1) is 54.6 Å². The molecule has 4 aromatic carbocycles. The van der Waals surface area contributed by atoms with Gasteiger partial charge in [-0.3, -0.25) is 19.4 Å². The molecular weight excluding hydrogens is 739 g/mol. The van der Waals surface area contributed by atoms with Crippen molar-refractivity contribution >= 4 is 35.6 Å². The van der Waals surface area contributed by atoms with E-state index in [0.717, 1.165) is 25.1 Å².